The van der Waals surface area contributed by atoms with E-state index in [9.17, 15) is 18.9 Å². The minimum atomic E-state index is -4.63. The van der Waals surface area contributed by atoms with Gasteiger partial charge in [-0.2, -0.15) is 0 Å². The summed E-state index contributed by atoms with van der Waals surface area (Å²) in [6.07, 6.45) is -0.241. The van der Waals surface area contributed by atoms with Gasteiger partial charge in [-0.25, -0.2) is 0 Å². The van der Waals surface area contributed by atoms with E-state index in [2.05, 4.69) is 4.52 Å². The minimum absolute atomic E-state index is 0.241. The molecule has 0 spiro atoms. The Morgan fingerprint density at radius 2 is 1.50 bits per heavy atom. The summed E-state index contributed by atoms with van der Waals surface area (Å²) in [6.45, 7) is 0.524. The second kappa shape index (κ2) is 6.09. The molecule has 0 bridgehead atoms. The molecule has 104 valence electrons. The van der Waals surface area contributed by atoms with Crippen molar-refractivity contribution in [3.63, 3.8) is 0 Å². The van der Waals surface area contributed by atoms with Crippen LogP contribution < -0.4 is 0 Å². The monoisotopic (exact) mass is 300 g/mol. The van der Waals surface area contributed by atoms with E-state index >= 15 is 0 Å². The van der Waals surface area contributed by atoms with Gasteiger partial charge in [-0.3, -0.25) is 18.9 Å². The molecule has 1 unspecified atom stereocenters. The number of carbonyl (C=O) groups is 3. The van der Waals surface area contributed by atoms with Crippen LogP contribution in [0.2, 0.25) is 6.04 Å². The van der Waals surface area contributed by atoms with Crippen molar-refractivity contribution in [2.24, 2.45) is 0 Å². The zero-order valence-electron chi connectivity index (χ0n) is 9.40. The second-order valence-corrected chi connectivity index (χ2v) is 9.02. The van der Waals surface area contributed by atoms with Crippen molar-refractivity contribution >= 4 is 32.4 Å². The van der Waals surface area contributed by atoms with Crippen LogP contribution in [0.25, 0.3) is 0 Å². The van der Waals surface area contributed by atoms with E-state index in [1.54, 1.807) is 0 Å². The molecule has 0 saturated carbocycles. The molecule has 0 aliphatic rings. The highest BCUT2D eigenvalue weighted by Gasteiger charge is 2.59. The molecule has 0 heterocycles. The summed E-state index contributed by atoms with van der Waals surface area (Å²) < 4.78 is 15.2. The third kappa shape index (κ3) is 4.22. The van der Waals surface area contributed by atoms with Gasteiger partial charge in [0.05, 0.1) is 6.61 Å². The summed E-state index contributed by atoms with van der Waals surface area (Å²) in [5.74, 6) is 0. The van der Waals surface area contributed by atoms with Crippen molar-refractivity contribution in [2.75, 3.05) is 13.3 Å². The van der Waals surface area contributed by atoms with Crippen LogP contribution in [-0.2, 0) is 9.09 Å². The molecule has 0 aromatic rings. The van der Waals surface area contributed by atoms with Crippen molar-refractivity contribution in [3.05, 3.63) is 0 Å². The van der Waals surface area contributed by atoms with Gasteiger partial charge in [0.15, 0.2) is 0 Å². The largest absolute Gasteiger partial charge is 0.485 e. The van der Waals surface area contributed by atoms with Crippen LogP contribution in [0.3, 0.4) is 0 Å². The lowest BCUT2D eigenvalue weighted by Gasteiger charge is -2.16. The number of carboxylic acid groups (broad SMARTS) is 3. The van der Waals surface area contributed by atoms with E-state index in [1.165, 1.54) is 0 Å². The molecule has 0 fully saturated rings. The molecular formula is C7H13O9PSi. The molecule has 0 aliphatic heterocycles. The van der Waals surface area contributed by atoms with Gasteiger partial charge in [-0.05, 0) is 12.5 Å². The molecule has 0 saturated heterocycles. The van der Waals surface area contributed by atoms with Gasteiger partial charge >= 0.3 is 15.7 Å². The van der Waals surface area contributed by atoms with Crippen molar-refractivity contribution in [2.45, 2.75) is 12.5 Å². The number of rotatable bonds is 8. The van der Waals surface area contributed by atoms with Gasteiger partial charge < -0.3 is 24.7 Å². The van der Waals surface area contributed by atoms with Crippen LogP contribution >= 0.6 is 7.60 Å². The fraction of sp³-hybridized carbons (Fsp3) is 0.571. The molecule has 0 amide bonds. The van der Waals surface area contributed by atoms with Crippen LogP contribution in [0.15, 0.2) is 0 Å². The third-order valence-electron chi connectivity index (χ3n) is 2.12. The first kappa shape index (κ1) is 16.8. The predicted octanol–water partition coefficient (Wildman–Crippen LogP) is 1.44. The van der Waals surface area contributed by atoms with Crippen molar-refractivity contribution in [1.29, 1.82) is 0 Å². The molecule has 1 atom stereocenters. The highest BCUT2D eigenvalue weighted by Crippen LogP contribution is 2.36. The maximum absolute atomic E-state index is 10.9. The summed E-state index contributed by atoms with van der Waals surface area (Å²) in [6, 6.07) is -0.618. The quantitative estimate of drug-likeness (QED) is 0.295. The second-order valence-electron chi connectivity index (χ2n) is 3.56. The number of hydrogen-bond donors (Lipinski definition) is 4. The topological polar surface area (TPSA) is 158 Å². The Balaban J connectivity index is 4.74. The Bertz CT molecular complexity index is 364. The zero-order chi connectivity index (χ0) is 14.6. The van der Waals surface area contributed by atoms with Crippen LogP contribution in [0.5, 0.6) is 0 Å². The van der Waals surface area contributed by atoms with Gasteiger partial charge in [0.25, 0.3) is 16.8 Å². The first-order valence-corrected chi connectivity index (χ1v) is 8.92. The maximum Gasteiger partial charge on any atom is 0.431 e. The number of hydrogen-bond acceptors (Lipinski definition) is 5. The van der Waals surface area contributed by atoms with E-state index in [-0.39, 0.29) is 13.0 Å². The van der Waals surface area contributed by atoms with Crippen molar-refractivity contribution < 1.29 is 43.7 Å². The predicted molar refractivity (Wildman–Crippen MR) is 61.0 cm³/mol. The summed E-state index contributed by atoms with van der Waals surface area (Å²) in [5, 5.41) is 26.3. The molecule has 0 aliphatic carbocycles. The van der Waals surface area contributed by atoms with Gasteiger partial charge in [-0.15, -0.1) is 0 Å². The zero-order valence-corrected chi connectivity index (χ0v) is 11.3. The fourth-order valence-corrected chi connectivity index (χ4v) is 3.50. The Morgan fingerprint density at radius 3 is 1.78 bits per heavy atom. The lowest BCUT2D eigenvalue weighted by molar-refractivity contribution is 0.201. The Labute approximate surface area is 103 Å². The first-order valence-electron chi connectivity index (χ1n) is 4.69. The van der Waals surface area contributed by atoms with Crippen molar-refractivity contribution in [3.8, 4) is 0 Å². The third-order valence-corrected chi connectivity index (χ3v) is 6.08. The minimum Gasteiger partial charge on any atom is -0.485 e. The average molecular weight is 300 g/mol. The lowest BCUT2D eigenvalue weighted by Crippen LogP contribution is -2.58. The molecule has 18 heavy (non-hydrogen) atoms. The lowest BCUT2D eigenvalue weighted by atomic mass is 10.5. The SMILES string of the molecule is CP(=O)(O)OCCC[Si](C(=O)O)(C(=O)O)C(=O)O. The normalized spacial score (nSPS) is 14.8. The Morgan fingerprint density at radius 1 is 1.11 bits per heavy atom. The van der Waals surface area contributed by atoms with Gasteiger partial charge in [0.2, 0.25) is 0 Å². The van der Waals surface area contributed by atoms with Gasteiger partial charge in [-0.1, -0.05) is 0 Å². The Hall–Kier alpha value is -1.22. The first-order chi connectivity index (χ1) is 8.04. The fourth-order valence-electron chi connectivity index (χ4n) is 1.17. The Kier molecular flexibility index (Phi) is 5.68. The van der Waals surface area contributed by atoms with Gasteiger partial charge in [0.1, 0.15) is 0 Å². The van der Waals surface area contributed by atoms with Crippen LogP contribution in [0.1, 0.15) is 6.42 Å². The van der Waals surface area contributed by atoms with Crippen LogP contribution in [0.4, 0.5) is 14.4 Å². The smallest absolute Gasteiger partial charge is 0.431 e. The molecule has 9 nitrogen and oxygen atoms in total. The summed E-state index contributed by atoms with van der Waals surface area (Å²) in [5.41, 5.74) is -5.61. The highest BCUT2D eigenvalue weighted by molar-refractivity contribution is 7.51. The molecule has 0 aromatic heterocycles. The van der Waals surface area contributed by atoms with E-state index in [0.29, 0.717) is 0 Å². The van der Waals surface area contributed by atoms with Crippen molar-refractivity contribution in [1.82, 2.24) is 0 Å². The van der Waals surface area contributed by atoms with E-state index in [4.69, 9.17) is 20.2 Å². The van der Waals surface area contributed by atoms with Gasteiger partial charge in [0, 0.05) is 6.66 Å². The molecule has 4 N–H and O–H groups in total. The average Bonchev–Trinajstić information content (AvgIpc) is 2.13. The standard InChI is InChI=1S/C7H13O9PSi/c1-17(14,15)16-3-2-4-18(5(8)9,6(10)11)7(12)13/h2-4H2,1H3,(H,8,9)(H,10,11)(H,12,13)(H,14,15). The molecule has 0 radical (unpaired) electrons. The molecule has 0 aromatic carbocycles. The summed E-state index contributed by atoms with van der Waals surface area (Å²) >= 11 is 0. The molecule has 11 heteroatoms. The van der Waals surface area contributed by atoms with Crippen LogP contribution in [0, 0.1) is 0 Å². The van der Waals surface area contributed by atoms with E-state index in [1.807, 2.05) is 0 Å². The molecular weight excluding hydrogens is 287 g/mol. The summed E-state index contributed by atoms with van der Waals surface area (Å²) in [4.78, 5) is 41.3. The highest BCUT2D eigenvalue weighted by atomic mass is 31.2. The van der Waals surface area contributed by atoms with Crippen LogP contribution in [-0.4, -0.2) is 58.3 Å². The van der Waals surface area contributed by atoms with E-state index < -0.39 is 38.5 Å². The summed E-state index contributed by atoms with van der Waals surface area (Å²) in [7, 11) is -8.37. The maximum atomic E-state index is 10.9. The molecule has 0 rings (SSSR count). The van der Waals surface area contributed by atoms with E-state index in [0.717, 1.165) is 6.66 Å².